The molecule has 2 aromatic heterocycles. The average Bonchev–Trinajstić information content (AvgIpc) is 3.06. The lowest BCUT2D eigenvalue weighted by atomic mass is 9.99. The number of unbranched alkanes of at least 4 members (excludes halogenated alkanes) is 3. The van der Waals surface area contributed by atoms with Crippen LogP contribution < -0.4 is 5.32 Å². The lowest BCUT2D eigenvalue weighted by Crippen LogP contribution is -2.04. The van der Waals surface area contributed by atoms with Crippen molar-refractivity contribution in [3.63, 3.8) is 0 Å². The molecule has 0 saturated heterocycles. The average molecular weight is 354 g/mol. The molecule has 0 aliphatic rings. The van der Waals surface area contributed by atoms with Gasteiger partial charge in [-0.05, 0) is 23.5 Å². The zero-order valence-electron chi connectivity index (χ0n) is 15.4. The maximum Gasteiger partial charge on any atom is 0.138 e. The number of hydrogen-bond donors (Lipinski definition) is 1. The lowest BCUT2D eigenvalue weighted by molar-refractivity contribution is 0.684. The van der Waals surface area contributed by atoms with Crippen molar-refractivity contribution in [2.45, 2.75) is 52.4 Å². The van der Waals surface area contributed by atoms with E-state index in [1.807, 2.05) is 0 Å². The van der Waals surface area contributed by atoms with Gasteiger partial charge in [-0.15, -0.1) is 11.3 Å². The van der Waals surface area contributed by atoms with Crippen LogP contribution in [0.5, 0.6) is 0 Å². The van der Waals surface area contributed by atoms with Crippen molar-refractivity contribution in [1.29, 1.82) is 0 Å². The summed E-state index contributed by atoms with van der Waals surface area (Å²) >= 11 is 1.69. The summed E-state index contributed by atoms with van der Waals surface area (Å²) in [4.78, 5) is 10.0. The van der Waals surface area contributed by atoms with Gasteiger partial charge in [-0.2, -0.15) is 0 Å². The molecule has 0 radical (unpaired) electrons. The molecule has 0 unspecified atom stereocenters. The maximum atomic E-state index is 4.51. The minimum atomic E-state index is 0.553. The van der Waals surface area contributed by atoms with Crippen LogP contribution >= 0.6 is 11.3 Å². The van der Waals surface area contributed by atoms with Crippen LogP contribution in [0.2, 0.25) is 0 Å². The van der Waals surface area contributed by atoms with Gasteiger partial charge in [0.05, 0.1) is 5.39 Å². The fourth-order valence-electron chi connectivity index (χ4n) is 3.03. The highest BCUT2D eigenvalue weighted by Gasteiger charge is 2.13. The number of rotatable bonds is 8. The standard InChI is InChI=1S/C21H27N3S/c1-4-5-6-7-12-22-20-19-18(13-25-21(19)24-14-23-20)17-10-8-16(9-11-17)15(2)3/h8-11,13-15H,4-7,12H2,1-3H3,(H,22,23,24). The molecular weight excluding hydrogens is 326 g/mol. The van der Waals surface area contributed by atoms with Gasteiger partial charge in [0.25, 0.3) is 0 Å². The van der Waals surface area contributed by atoms with Crippen molar-refractivity contribution in [2.75, 3.05) is 11.9 Å². The van der Waals surface area contributed by atoms with E-state index in [9.17, 15) is 0 Å². The first-order chi connectivity index (χ1) is 12.2. The zero-order chi connectivity index (χ0) is 17.6. The summed E-state index contributed by atoms with van der Waals surface area (Å²) in [5.74, 6) is 1.52. The predicted molar refractivity (Wildman–Crippen MR) is 110 cm³/mol. The second kappa shape index (κ2) is 8.43. The summed E-state index contributed by atoms with van der Waals surface area (Å²) in [6.45, 7) is 7.66. The molecule has 3 aromatic rings. The monoisotopic (exact) mass is 353 g/mol. The summed E-state index contributed by atoms with van der Waals surface area (Å²) in [5.41, 5.74) is 3.83. The first-order valence-corrected chi connectivity index (χ1v) is 10.1. The molecule has 132 valence electrons. The highest BCUT2D eigenvalue weighted by Crippen LogP contribution is 2.36. The summed E-state index contributed by atoms with van der Waals surface area (Å²) < 4.78 is 0. The third-order valence-corrected chi connectivity index (χ3v) is 5.47. The summed E-state index contributed by atoms with van der Waals surface area (Å²) in [7, 11) is 0. The number of aromatic nitrogens is 2. The largest absolute Gasteiger partial charge is 0.369 e. The quantitative estimate of drug-likeness (QED) is 0.471. The molecule has 4 heteroatoms. The van der Waals surface area contributed by atoms with Crippen molar-refractivity contribution >= 4 is 27.4 Å². The van der Waals surface area contributed by atoms with E-state index in [0.717, 1.165) is 22.6 Å². The zero-order valence-corrected chi connectivity index (χ0v) is 16.2. The van der Waals surface area contributed by atoms with Crippen molar-refractivity contribution in [3.8, 4) is 11.1 Å². The van der Waals surface area contributed by atoms with Gasteiger partial charge in [0.1, 0.15) is 17.0 Å². The van der Waals surface area contributed by atoms with Gasteiger partial charge in [-0.25, -0.2) is 9.97 Å². The molecule has 0 fully saturated rings. The van der Waals surface area contributed by atoms with Crippen molar-refractivity contribution in [1.82, 2.24) is 9.97 Å². The molecule has 25 heavy (non-hydrogen) atoms. The first-order valence-electron chi connectivity index (χ1n) is 9.27. The van der Waals surface area contributed by atoms with E-state index in [4.69, 9.17) is 0 Å². The number of thiophene rings is 1. The predicted octanol–water partition coefficient (Wildman–Crippen LogP) is 6.47. The Morgan fingerprint density at radius 2 is 1.84 bits per heavy atom. The van der Waals surface area contributed by atoms with E-state index in [-0.39, 0.29) is 0 Å². The molecule has 1 N–H and O–H groups in total. The van der Waals surface area contributed by atoms with E-state index < -0.39 is 0 Å². The molecular formula is C21H27N3S. The van der Waals surface area contributed by atoms with Gasteiger partial charge < -0.3 is 5.32 Å². The van der Waals surface area contributed by atoms with Gasteiger partial charge in [0.15, 0.2) is 0 Å². The first kappa shape index (κ1) is 17.9. The van der Waals surface area contributed by atoms with Crippen LogP contribution in [0.1, 0.15) is 57.9 Å². The Labute approximate surface area is 154 Å². The normalized spacial score (nSPS) is 11.4. The van der Waals surface area contributed by atoms with E-state index in [0.29, 0.717) is 5.92 Å². The fraction of sp³-hybridized carbons (Fsp3) is 0.429. The molecule has 0 amide bonds. The smallest absolute Gasteiger partial charge is 0.138 e. The third kappa shape index (κ3) is 4.18. The number of nitrogens with zero attached hydrogens (tertiary/aromatic N) is 2. The summed E-state index contributed by atoms with van der Waals surface area (Å²) in [6, 6.07) is 8.89. The number of hydrogen-bond acceptors (Lipinski definition) is 4. The van der Waals surface area contributed by atoms with Gasteiger partial charge in [0, 0.05) is 17.5 Å². The van der Waals surface area contributed by atoms with Crippen LogP contribution in [0.3, 0.4) is 0 Å². The van der Waals surface area contributed by atoms with Crippen LogP contribution in [-0.4, -0.2) is 16.5 Å². The van der Waals surface area contributed by atoms with Gasteiger partial charge in [0.2, 0.25) is 0 Å². The SMILES string of the molecule is CCCCCCNc1ncnc2scc(-c3ccc(C(C)C)cc3)c12. The van der Waals surface area contributed by atoms with E-state index in [2.05, 4.69) is 65.7 Å². The number of fused-ring (bicyclic) bond motifs is 1. The Morgan fingerprint density at radius 1 is 1.04 bits per heavy atom. The Hall–Kier alpha value is -1.94. The van der Waals surface area contributed by atoms with Crippen molar-refractivity contribution in [3.05, 3.63) is 41.5 Å². The number of benzene rings is 1. The highest BCUT2D eigenvalue weighted by molar-refractivity contribution is 7.17. The summed E-state index contributed by atoms with van der Waals surface area (Å²) in [6.07, 6.45) is 6.68. The van der Waals surface area contributed by atoms with Crippen LogP contribution in [-0.2, 0) is 0 Å². The molecule has 0 aliphatic heterocycles. The Bertz CT molecular complexity index is 806. The van der Waals surface area contributed by atoms with Crippen molar-refractivity contribution in [2.24, 2.45) is 0 Å². The van der Waals surface area contributed by atoms with Crippen LogP contribution in [0.15, 0.2) is 36.0 Å². The van der Waals surface area contributed by atoms with E-state index >= 15 is 0 Å². The van der Waals surface area contributed by atoms with Gasteiger partial charge in [-0.3, -0.25) is 0 Å². The van der Waals surface area contributed by atoms with Gasteiger partial charge in [-0.1, -0.05) is 64.3 Å². The van der Waals surface area contributed by atoms with Crippen LogP contribution in [0.25, 0.3) is 21.3 Å². The molecule has 0 spiro atoms. The second-order valence-electron chi connectivity index (χ2n) is 6.82. The Balaban J connectivity index is 1.86. The topological polar surface area (TPSA) is 37.8 Å². The van der Waals surface area contributed by atoms with E-state index in [1.54, 1.807) is 17.7 Å². The molecule has 0 saturated carbocycles. The minimum Gasteiger partial charge on any atom is -0.369 e. The Kier molecular flexibility index (Phi) is 6.03. The van der Waals surface area contributed by atoms with Crippen LogP contribution in [0.4, 0.5) is 5.82 Å². The second-order valence-corrected chi connectivity index (χ2v) is 7.67. The summed E-state index contributed by atoms with van der Waals surface area (Å²) in [5, 5.41) is 6.88. The molecule has 3 nitrogen and oxygen atoms in total. The highest BCUT2D eigenvalue weighted by atomic mass is 32.1. The Morgan fingerprint density at radius 3 is 2.56 bits per heavy atom. The third-order valence-electron chi connectivity index (χ3n) is 4.58. The molecule has 0 bridgehead atoms. The minimum absolute atomic E-state index is 0.553. The van der Waals surface area contributed by atoms with E-state index in [1.165, 1.54) is 42.4 Å². The van der Waals surface area contributed by atoms with Gasteiger partial charge >= 0.3 is 0 Å². The van der Waals surface area contributed by atoms with Crippen LogP contribution in [0, 0.1) is 0 Å². The molecule has 0 aliphatic carbocycles. The fourth-order valence-corrected chi connectivity index (χ4v) is 3.94. The molecule has 3 rings (SSSR count). The molecule has 0 atom stereocenters. The number of anilines is 1. The molecule has 1 aromatic carbocycles. The molecule has 2 heterocycles. The maximum absolute atomic E-state index is 4.51. The lowest BCUT2D eigenvalue weighted by Gasteiger charge is -2.09. The van der Waals surface area contributed by atoms with Crippen molar-refractivity contribution < 1.29 is 0 Å². The number of nitrogens with one attached hydrogen (secondary N) is 1.